The Morgan fingerprint density at radius 3 is 2.91 bits per heavy atom. The van der Waals surface area contributed by atoms with E-state index in [0.717, 1.165) is 48.2 Å². The third kappa shape index (κ3) is 2.68. The molecule has 1 aromatic heterocycles. The van der Waals surface area contributed by atoms with Crippen LogP contribution in [0.2, 0.25) is 0 Å². The van der Waals surface area contributed by atoms with Crippen LogP contribution in [-0.2, 0) is 13.5 Å². The molecule has 0 amide bonds. The lowest BCUT2D eigenvalue weighted by Crippen LogP contribution is -2.35. The summed E-state index contributed by atoms with van der Waals surface area (Å²) in [7, 11) is 2.01. The number of hydrogen-bond acceptors (Lipinski definition) is 4. The first kappa shape index (κ1) is 14.3. The molecule has 118 valence electrons. The normalized spacial score (nSPS) is 25.4. The van der Waals surface area contributed by atoms with E-state index in [-0.39, 0.29) is 0 Å². The van der Waals surface area contributed by atoms with Crippen molar-refractivity contribution >= 4 is 17.3 Å². The summed E-state index contributed by atoms with van der Waals surface area (Å²) >= 11 is 6.55. The molecule has 0 radical (unpaired) electrons. The minimum Gasteiger partial charge on any atom is -0.353 e. The van der Waals surface area contributed by atoms with Crippen molar-refractivity contribution in [2.75, 3.05) is 19.8 Å². The largest absolute Gasteiger partial charge is 0.353 e. The summed E-state index contributed by atoms with van der Waals surface area (Å²) in [4.78, 5) is 7.02. The number of aromatic nitrogens is 2. The highest BCUT2D eigenvalue weighted by atomic mass is 35.5. The lowest BCUT2D eigenvalue weighted by Gasteiger charge is -2.29. The number of halogens is 1. The summed E-state index contributed by atoms with van der Waals surface area (Å²) in [6.07, 6.45) is 8.90. The number of nitrogens with one attached hydrogen (secondary N) is 1. The van der Waals surface area contributed by atoms with Crippen LogP contribution < -0.4 is 5.32 Å². The zero-order chi connectivity index (χ0) is 15.1. The average Bonchev–Trinajstić information content (AvgIpc) is 3.02. The van der Waals surface area contributed by atoms with Gasteiger partial charge in [-0.05, 0) is 38.1 Å². The van der Waals surface area contributed by atoms with Crippen LogP contribution in [-0.4, -0.2) is 46.2 Å². The molecule has 1 N–H and O–H groups in total. The molecule has 1 aliphatic carbocycles. The number of hydrogen-bond donors (Lipinski definition) is 1. The van der Waals surface area contributed by atoms with Gasteiger partial charge >= 0.3 is 0 Å². The highest BCUT2D eigenvalue weighted by Gasteiger charge is 2.28. The van der Waals surface area contributed by atoms with Gasteiger partial charge in [0.2, 0.25) is 0 Å². The van der Waals surface area contributed by atoms with E-state index in [9.17, 15) is 0 Å². The Hall–Kier alpha value is -1.33. The van der Waals surface area contributed by atoms with E-state index >= 15 is 0 Å². The summed E-state index contributed by atoms with van der Waals surface area (Å²) in [6, 6.07) is 0.513. The molecule has 2 aliphatic heterocycles. The van der Waals surface area contributed by atoms with E-state index in [4.69, 9.17) is 16.6 Å². The van der Waals surface area contributed by atoms with Gasteiger partial charge in [-0.15, -0.1) is 0 Å². The molecule has 22 heavy (non-hydrogen) atoms. The molecule has 6 heteroatoms. The Bertz CT molecular complexity index is 622. The third-order valence-corrected chi connectivity index (χ3v) is 5.17. The Morgan fingerprint density at radius 1 is 1.36 bits per heavy atom. The van der Waals surface area contributed by atoms with Crippen LogP contribution >= 0.6 is 11.6 Å². The van der Waals surface area contributed by atoms with Crippen LogP contribution in [0.4, 0.5) is 0 Å². The van der Waals surface area contributed by atoms with Gasteiger partial charge < -0.3 is 10.2 Å². The molecule has 0 bridgehead atoms. The second-order valence-electron chi connectivity index (χ2n) is 6.56. The number of rotatable bonds is 4. The van der Waals surface area contributed by atoms with Crippen LogP contribution in [0.1, 0.15) is 30.5 Å². The molecular formula is C16H22ClN5. The van der Waals surface area contributed by atoms with Crippen molar-refractivity contribution < 1.29 is 0 Å². The summed E-state index contributed by atoms with van der Waals surface area (Å²) in [5.41, 5.74) is 3.29. The molecule has 5 nitrogen and oxygen atoms in total. The molecule has 3 aliphatic rings. The van der Waals surface area contributed by atoms with Crippen molar-refractivity contribution in [3.63, 3.8) is 0 Å². The first-order chi connectivity index (χ1) is 10.7. The second kappa shape index (κ2) is 5.70. The van der Waals surface area contributed by atoms with Gasteiger partial charge in [0.1, 0.15) is 6.67 Å². The molecule has 1 aromatic rings. The van der Waals surface area contributed by atoms with Gasteiger partial charge in [0.15, 0.2) is 0 Å². The van der Waals surface area contributed by atoms with E-state index in [0.29, 0.717) is 12.7 Å². The maximum absolute atomic E-state index is 6.55. The van der Waals surface area contributed by atoms with Gasteiger partial charge in [0, 0.05) is 37.1 Å². The van der Waals surface area contributed by atoms with Crippen LogP contribution in [0.3, 0.4) is 0 Å². The Labute approximate surface area is 136 Å². The van der Waals surface area contributed by atoms with Crippen molar-refractivity contribution in [3.8, 4) is 0 Å². The minimum absolute atomic E-state index is 0.513. The van der Waals surface area contributed by atoms with Gasteiger partial charge in [0.25, 0.3) is 0 Å². The van der Waals surface area contributed by atoms with Crippen LogP contribution in [0, 0.1) is 5.92 Å². The van der Waals surface area contributed by atoms with Gasteiger partial charge in [-0.2, -0.15) is 5.10 Å². The summed E-state index contributed by atoms with van der Waals surface area (Å²) in [6.45, 7) is 2.79. The quantitative estimate of drug-likeness (QED) is 0.921. The van der Waals surface area contributed by atoms with Gasteiger partial charge in [-0.1, -0.05) is 11.6 Å². The topological polar surface area (TPSA) is 45.5 Å². The number of aryl methyl sites for hydroxylation is 1. The van der Waals surface area contributed by atoms with E-state index in [1.54, 1.807) is 0 Å². The maximum atomic E-state index is 6.55. The third-order valence-electron chi connectivity index (χ3n) is 4.90. The number of allylic oxidation sites excluding steroid dienone is 1. The molecular weight excluding hydrogens is 298 g/mol. The van der Waals surface area contributed by atoms with Crippen LogP contribution in [0.25, 0.3) is 0 Å². The molecule has 1 atom stereocenters. The summed E-state index contributed by atoms with van der Waals surface area (Å²) in [5, 5.41) is 8.56. The monoisotopic (exact) mass is 319 g/mol. The van der Waals surface area contributed by atoms with E-state index in [1.165, 1.54) is 18.5 Å². The van der Waals surface area contributed by atoms with E-state index < -0.39 is 0 Å². The van der Waals surface area contributed by atoms with Crippen molar-refractivity contribution in [1.29, 1.82) is 0 Å². The van der Waals surface area contributed by atoms with Crippen LogP contribution in [0.5, 0.6) is 0 Å². The van der Waals surface area contributed by atoms with E-state index in [2.05, 4.69) is 21.5 Å². The Kier molecular flexibility index (Phi) is 3.70. The van der Waals surface area contributed by atoms with Crippen molar-refractivity contribution in [3.05, 3.63) is 28.7 Å². The Morgan fingerprint density at radius 2 is 2.23 bits per heavy atom. The predicted octanol–water partition coefficient (Wildman–Crippen LogP) is 1.88. The highest BCUT2D eigenvalue weighted by Crippen LogP contribution is 2.34. The predicted molar refractivity (Wildman–Crippen MR) is 88.1 cm³/mol. The van der Waals surface area contributed by atoms with Gasteiger partial charge in [-0.3, -0.25) is 9.67 Å². The number of aliphatic imine (C=N–C) groups is 1. The highest BCUT2D eigenvalue weighted by molar-refractivity contribution is 6.46. The fourth-order valence-electron chi connectivity index (χ4n) is 3.33. The first-order valence-corrected chi connectivity index (χ1v) is 8.50. The molecule has 3 heterocycles. The standard InChI is InChI=1S/C16H22ClN5/c1-21-15(6-11-2-3-11)13(8-20-21)16-14(17)9-22(10-19-16)12-4-5-18-7-12/h8-9,11-12,18H,2-7,10H2,1H3/t12-/m1/s1. The maximum Gasteiger partial charge on any atom is 0.110 e. The second-order valence-corrected chi connectivity index (χ2v) is 6.97. The molecule has 4 rings (SSSR count). The molecule has 0 spiro atoms. The Balaban J connectivity index is 1.57. The molecule has 1 saturated heterocycles. The molecule has 1 saturated carbocycles. The van der Waals surface area contributed by atoms with Crippen LogP contribution in [0.15, 0.2) is 22.4 Å². The average molecular weight is 320 g/mol. The van der Waals surface area contributed by atoms with Crippen molar-refractivity contribution in [2.24, 2.45) is 18.0 Å². The summed E-state index contributed by atoms with van der Waals surface area (Å²) in [5.74, 6) is 0.821. The number of nitrogens with zero attached hydrogens (tertiary/aromatic N) is 4. The van der Waals surface area contributed by atoms with Crippen molar-refractivity contribution in [1.82, 2.24) is 20.0 Å². The fourth-order valence-corrected chi connectivity index (χ4v) is 3.62. The first-order valence-electron chi connectivity index (χ1n) is 8.12. The summed E-state index contributed by atoms with van der Waals surface area (Å²) < 4.78 is 1.98. The SMILES string of the molecule is Cn1ncc(C2=NCN([C@@H]3CCNC3)C=C2Cl)c1CC1CC1. The smallest absolute Gasteiger partial charge is 0.110 e. The fraction of sp³-hybridized carbons (Fsp3) is 0.625. The molecule has 0 unspecified atom stereocenters. The van der Waals surface area contributed by atoms with Crippen molar-refractivity contribution in [2.45, 2.75) is 31.7 Å². The van der Waals surface area contributed by atoms with Gasteiger partial charge in [-0.25, -0.2) is 0 Å². The molecule has 0 aromatic carbocycles. The lowest BCUT2D eigenvalue weighted by atomic mass is 10.1. The van der Waals surface area contributed by atoms with E-state index in [1.807, 2.05) is 17.9 Å². The molecule has 2 fully saturated rings. The zero-order valence-electron chi connectivity index (χ0n) is 12.9. The zero-order valence-corrected chi connectivity index (χ0v) is 13.7. The lowest BCUT2D eigenvalue weighted by molar-refractivity contribution is 0.298. The minimum atomic E-state index is 0.513. The van der Waals surface area contributed by atoms with Gasteiger partial charge in [0.05, 0.1) is 16.9 Å².